The lowest BCUT2D eigenvalue weighted by atomic mass is 10.2. The number of H-pyrrole nitrogens is 1. The zero-order chi connectivity index (χ0) is 19.1. The highest BCUT2D eigenvalue weighted by Crippen LogP contribution is 2.31. The molecule has 0 aliphatic rings. The maximum absolute atomic E-state index is 12.6. The normalized spacial score (nSPS) is 11.8. The topological polar surface area (TPSA) is 94.1 Å². The predicted molar refractivity (Wildman–Crippen MR) is 100 cm³/mol. The fourth-order valence-corrected chi connectivity index (χ4v) is 3.72. The first-order valence-corrected chi connectivity index (χ1v) is 10.3. The summed E-state index contributed by atoms with van der Waals surface area (Å²) in [5.41, 5.74) is 1.43. The zero-order valence-electron chi connectivity index (χ0n) is 14.5. The Hall–Kier alpha value is -2.32. The van der Waals surface area contributed by atoms with Gasteiger partial charge in [0.2, 0.25) is 0 Å². The van der Waals surface area contributed by atoms with Crippen molar-refractivity contribution in [3.63, 3.8) is 0 Å². The van der Waals surface area contributed by atoms with E-state index < -0.39 is 9.05 Å². The smallest absolute Gasteiger partial charge is 0.261 e. The van der Waals surface area contributed by atoms with E-state index in [0.29, 0.717) is 28.9 Å². The molecule has 1 aromatic carbocycles. The van der Waals surface area contributed by atoms with Crippen molar-refractivity contribution in [3.8, 4) is 17.1 Å². The van der Waals surface area contributed by atoms with E-state index in [4.69, 9.17) is 15.4 Å². The summed E-state index contributed by atoms with van der Waals surface area (Å²) in [4.78, 5) is 19.8. The van der Waals surface area contributed by atoms with Crippen molar-refractivity contribution in [2.45, 2.75) is 31.7 Å². The molecule has 9 heteroatoms. The molecule has 0 radical (unpaired) electrons. The highest BCUT2D eigenvalue weighted by atomic mass is 35.7. The Bertz CT molecular complexity index is 1150. The first-order chi connectivity index (χ1) is 12.3. The summed E-state index contributed by atoms with van der Waals surface area (Å²) in [6, 6.07) is 4.15. The Labute approximate surface area is 155 Å². The van der Waals surface area contributed by atoms with Crippen LogP contribution in [-0.2, 0) is 15.6 Å². The van der Waals surface area contributed by atoms with E-state index >= 15 is 0 Å². The maximum Gasteiger partial charge on any atom is 0.261 e. The summed E-state index contributed by atoms with van der Waals surface area (Å²) >= 11 is 0. The molecule has 0 aliphatic carbocycles. The van der Waals surface area contributed by atoms with Crippen molar-refractivity contribution in [2.24, 2.45) is 0 Å². The molecule has 0 atom stereocenters. The molecule has 0 saturated heterocycles. The number of nitrogens with zero attached hydrogens (tertiary/aromatic N) is 2. The second-order valence-corrected chi connectivity index (χ2v) is 8.48. The van der Waals surface area contributed by atoms with Gasteiger partial charge in [0.05, 0.1) is 23.0 Å². The summed E-state index contributed by atoms with van der Waals surface area (Å²) in [6.07, 6.45) is 2.77. The number of aromatic nitrogens is 3. The first-order valence-electron chi connectivity index (χ1n) is 7.99. The van der Waals surface area contributed by atoms with E-state index in [-0.39, 0.29) is 16.3 Å². The van der Waals surface area contributed by atoms with Gasteiger partial charge in [-0.3, -0.25) is 4.79 Å². The Morgan fingerprint density at radius 2 is 2.08 bits per heavy atom. The van der Waals surface area contributed by atoms with E-state index in [9.17, 15) is 13.2 Å². The minimum atomic E-state index is -3.93. The summed E-state index contributed by atoms with van der Waals surface area (Å²) in [5, 5.41) is 0.516. The molecule has 0 bridgehead atoms. The van der Waals surface area contributed by atoms with Gasteiger partial charge in [-0.15, -0.1) is 0 Å². The SMILES string of the molecule is CCCn1cc(C)c2c(=O)[nH]c(-c3cc(S(=O)(=O)Cl)ccc3OC)nc21. The molecule has 3 rings (SSSR count). The van der Waals surface area contributed by atoms with Crippen LogP contribution in [0.3, 0.4) is 0 Å². The largest absolute Gasteiger partial charge is 0.496 e. The average Bonchev–Trinajstić information content (AvgIpc) is 2.90. The number of methoxy groups -OCH3 is 1. The molecule has 7 nitrogen and oxygen atoms in total. The molecule has 0 fully saturated rings. The summed E-state index contributed by atoms with van der Waals surface area (Å²) in [5.74, 6) is 0.596. The van der Waals surface area contributed by atoms with Gasteiger partial charge in [-0.05, 0) is 37.1 Å². The van der Waals surface area contributed by atoms with E-state index in [1.807, 2.05) is 24.6 Å². The number of hydrogen-bond acceptors (Lipinski definition) is 5. The van der Waals surface area contributed by atoms with Crippen LogP contribution in [0, 0.1) is 6.92 Å². The summed E-state index contributed by atoms with van der Waals surface area (Å²) < 4.78 is 30.5. The van der Waals surface area contributed by atoms with Crippen molar-refractivity contribution >= 4 is 30.8 Å². The molecule has 2 aromatic heterocycles. The lowest BCUT2D eigenvalue weighted by Gasteiger charge is -2.10. The Morgan fingerprint density at radius 3 is 2.69 bits per heavy atom. The second-order valence-electron chi connectivity index (χ2n) is 5.92. The molecule has 3 aromatic rings. The van der Waals surface area contributed by atoms with Crippen LogP contribution in [0.5, 0.6) is 5.75 Å². The third-order valence-corrected chi connectivity index (χ3v) is 5.44. The van der Waals surface area contributed by atoms with Gasteiger partial charge in [0, 0.05) is 23.4 Å². The van der Waals surface area contributed by atoms with Crippen LogP contribution in [0.15, 0.2) is 34.1 Å². The number of fused-ring (bicyclic) bond motifs is 1. The van der Waals surface area contributed by atoms with Gasteiger partial charge in [0.25, 0.3) is 14.6 Å². The van der Waals surface area contributed by atoms with Crippen molar-refractivity contribution in [1.29, 1.82) is 0 Å². The summed E-state index contributed by atoms with van der Waals surface area (Å²) in [6.45, 7) is 4.60. The van der Waals surface area contributed by atoms with Crippen molar-refractivity contribution in [1.82, 2.24) is 14.5 Å². The van der Waals surface area contributed by atoms with E-state index in [1.54, 1.807) is 0 Å². The van der Waals surface area contributed by atoms with E-state index in [1.165, 1.54) is 25.3 Å². The molecule has 0 aliphatic heterocycles. The molecule has 0 unspecified atom stereocenters. The van der Waals surface area contributed by atoms with E-state index in [0.717, 1.165) is 12.0 Å². The highest BCUT2D eigenvalue weighted by Gasteiger charge is 2.18. The van der Waals surface area contributed by atoms with Crippen LogP contribution >= 0.6 is 10.7 Å². The van der Waals surface area contributed by atoms with Gasteiger partial charge in [-0.2, -0.15) is 0 Å². The third-order valence-electron chi connectivity index (χ3n) is 4.09. The number of benzene rings is 1. The molecular formula is C17H18ClN3O4S. The van der Waals surface area contributed by atoms with Crippen LogP contribution < -0.4 is 10.3 Å². The maximum atomic E-state index is 12.6. The number of hydrogen-bond donors (Lipinski definition) is 1. The quantitative estimate of drug-likeness (QED) is 0.670. The van der Waals surface area contributed by atoms with Crippen molar-refractivity contribution in [2.75, 3.05) is 7.11 Å². The zero-order valence-corrected chi connectivity index (χ0v) is 16.1. The van der Waals surface area contributed by atoms with Crippen LogP contribution in [0.4, 0.5) is 0 Å². The van der Waals surface area contributed by atoms with Crippen molar-refractivity contribution in [3.05, 3.63) is 40.3 Å². The number of aryl methyl sites for hydroxylation is 2. The monoisotopic (exact) mass is 395 g/mol. The van der Waals surface area contributed by atoms with Crippen LogP contribution in [-0.4, -0.2) is 30.1 Å². The average molecular weight is 396 g/mol. The minimum Gasteiger partial charge on any atom is -0.496 e. The number of ether oxygens (including phenoxy) is 1. The Balaban J connectivity index is 2.32. The molecule has 138 valence electrons. The number of aromatic amines is 1. The lowest BCUT2D eigenvalue weighted by molar-refractivity contribution is 0.416. The fraction of sp³-hybridized carbons (Fsp3) is 0.294. The molecular weight excluding hydrogens is 378 g/mol. The molecule has 0 saturated carbocycles. The molecule has 2 heterocycles. The van der Waals surface area contributed by atoms with Gasteiger partial charge in [-0.1, -0.05) is 6.92 Å². The third kappa shape index (κ3) is 3.22. The lowest BCUT2D eigenvalue weighted by Crippen LogP contribution is -2.11. The van der Waals surface area contributed by atoms with Gasteiger partial charge in [0.1, 0.15) is 17.2 Å². The predicted octanol–water partition coefficient (Wildman–Crippen LogP) is 3.05. The second kappa shape index (κ2) is 6.77. The number of rotatable bonds is 5. The molecule has 1 N–H and O–H groups in total. The van der Waals surface area contributed by atoms with Gasteiger partial charge in [-0.25, -0.2) is 13.4 Å². The highest BCUT2D eigenvalue weighted by molar-refractivity contribution is 8.13. The fourth-order valence-electron chi connectivity index (χ4n) is 2.95. The number of halogens is 1. The molecule has 0 amide bonds. The van der Waals surface area contributed by atoms with Gasteiger partial charge < -0.3 is 14.3 Å². The standard InChI is InChI=1S/C17H18ClN3O4S/c1-4-7-21-9-10(2)14-16(21)19-15(20-17(14)22)12-8-11(26(18,23)24)5-6-13(12)25-3/h5-6,8-9H,4,7H2,1-3H3,(H,19,20,22). The van der Waals surface area contributed by atoms with Gasteiger partial charge >= 0.3 is 0 Å². The van der Waals surface area contributed by atoms with Crippen molar-refractivity contribution < 1.29 is 13.2 Å². The molecule has 26 heavy (non-hydrogen) atoms. The molecule has 0 spiro atoms. The number of nitrogens with one attached hydrogen (secondary N) is 1. The Kier molecular flexibility index (Phi) is 4.81. The van der Waals surface area contributed by atoms with E-state index in [2.05, 4.69) is 9.97 Å². The summed E-state index contributed by atoms with van der Waals surface area (Å²) in [7, 11) is 2.97. The first kappa shape index (κ1) is 18.5. The minimum absolute atomic E-state index is 0.0992. The van der Waals surface area contributed by atoms with Crippen LogP contribution in [0.2, 0.25) is 0 Å². The van der Waals surface area contributed by atoms with Gasteiger partial charge in [0.15, 0.2) is 0 Å². The van der Waals surface area contributed by atoms with Crippen LogP contribution in [0.25, 0.3) is 22.4 Å². The Morgan fingerprint density at radius 1 is 1.35 bits per heavy atom. The van der Waals surface area contributed by atoms with Crippen LogP contribution in [0.1, 0.15) is 18.9 Å².